The first-order chi connectivity index (χ1) is 15.6. The SMILES string of the molecule is CCCN(Cc1nnc(-c2ccco2)o1)C(=O)/C(=C/c1ccccc1)c1ccc(Cl)cc1. The molecule has 32 heavy (non-hydrogen) atoms. The van der Waals surface area contributed by atoms with Gasteiger partial charge in [-0.15, -0.1) is 10.2 Å². The third-order valence-corrected chi connectivity index (χ3v) is 5.05. The molecular formula is C25H22ClN3O3. The van der Waals surface area contributed by atoms with E-state index in [4.69, 9.17) is 20.4 Å². The topological polar surface area (TPSA) is 72.4 Å². The number of carbonyl (C=O) groups is 1. The van der Waals surface area contributed by atoms with Gasteiger partial charge in [0, 0.05) is 17.1 Å². The Hall–Kier alpha value is -3.64. The van der Waals surface area contributed by atoms with Gasteiger partial charge in [-0.3, -0.25) is 4.79 Å². The first-order valence-corrected chi connectivity index (χ1v) is 10.7. The van der Waals surface area contributed by atoms with E-state index in [-0.39, 0.29) is 18.3 Å². The molecule has 162 valence electrons. The lowest BCUT2D eigenvalue weighted by atomic mass is 10.0. The van der Waals surface area contributed by atoms with Crippen molar-refractivity contribution in [1.82, 2.24) is 15.1 Å². The normalized spacial score (nSPS) is 11.5. The zero-order valence-corrected chi connectivity index (χ0v) is 18.3. The molecule has 0 fully saturated rings. The van der Waals surface area contributed by atoms with Crippen LogP contribution in [0, 0.1) is 0 Å². The summed E-state index contributed by atoms with van der Waals surface area (Å²) in [5, 5.41) is 8.74. The highest BCUT2D eigenvalue weighted by molar-refractivity contribution is 6.31. The largest absolute Gasteiger partial charge is 0.459 e. The second-order valence-corrected chi connectivity index (χ2v) is 7.62. The third kappa shape index (κ3) is 5.15. The van der Waals surface area contributed by atoms with Crippen molar-refractivity contribution in [2.45, 2.75) is 19.9 Å². The maximum absolute atomic E-state index is 13.7. The van der Waals surface area contributed by atoms with E-state index in [1.54, 1.807) is 35.4 Å². The van der Waals surface area contributed by atoms with E-state index in [1.165, 1.54) is 0 Å². The maximum Gasteiger partial charge on any atom is 0.283 e. The molecule has 6 nitrogen and oxygen atoms in total. The van der Waals surface area contributed by atoms with E-state index in [9.17, 15) is 4.79 Å². The molecule has 4 rings (SSSR count). The van der Waals surface area contributed by atoms with E-state index >= 15 is 0 Å². The molecular weight excluding hydrogens is 426 g/mol. The van der Waals surface area contributed by atoms with Gasteiger partial charge in [-0.05, 0) is 47.9 Å². The molecule has 0 bridgehead atoms. The van der Waals surface area contributed by atoms with Crippen LogP contribution in [0.15, 0.2) is 81.8 Å². The fraction of sp³-hybridized carbons (Fsp3) is 0.160. The van der Waals surface area contributed by atoms with Crippen LogP contribution in [0.5, 0.6) is 0 Å². The van der Waals surface area contributed by atoms with Crippen molar-refractivity contribution >= 4 is 29.2 Å². The minimum atomic E-state index is -0.129. The number of amides is 1. The van der Waals surface area contributed by atoms with E-state index in [0.717, 1.165) is 17.5 Å². The van der Waals surface area contributed by atoms with Crippen LogP contribution in [-0.2, 0) is 11.3 Å². The first-order valence-electron chi connectivity index (χ1n) is 10.3. The van der Waals surface area contributed by atoms with Crippen LogP contribution in [0.3, 0.4) is 0 Å². The van der Waals surface area contributed by atoms with Crippen LogP contribution in [0.4, 0.5) is 0 Å². The average molecular weight is 448 g/mol. The van der Waals surface area contributed by atoms with Crippen LogP contribution >= 0.6 is 11.6 Å². The number of benzene rings is 2. The lowest BCUT2D eigenvalue weighted by Gasteiger charge is -2.22. The Morgan fingerprint density at radius 2 is 1.81 bits per heavy atom. The minimum Gasteiger partial charge on any atom is -0.459 e. The van der Waals surface area contributed by atoms with Gasteiger partial charge in [0.25, 0.3) is 11.8 Å². The molecule has 0 radical (unpaired) electrons. The lowest BCUT2D eigenvalue weighted by Crippen LogP contribution is -2.32. The summed E-state index contributed by atoms with van der Waals surface area (Å²) >= 11 is 6.07. The summed E-state index contributed by atoms with van der Waals surface area (Å²) in [4.78, 5) is 15.4. The molecule has 0 aliphatic heterocycles. The Bertz CT molecular complexity index is 1180. The first kappa shape index (κ1) is 21.6. The van der Waals surface area contributed by atoms with Crippen molar-refractivity contribution < 1.29 is 13.6 Å². The van der Waals surface area contributed by atoms with Crippen LogP contribution in [0.25, 0.3) is 23.3 Å². The molecule has 0 saturated carbocycles. The number of aromatic nitrogens is 2. The van der Waals surface area contributed by atoms with E-state index in [1.807, 2.05) is 55.5 Å². The predicted molar refractivity (Wildman–Crippen MR) is 123 cm³/mol. The molecule has 1 amide bonds. The number of carbonyl (C=O) groups excluding carboxylic acids is 1. The molecule has 4 aromatic rings. The van der Waals surface area contributed by atoms with Crippen molar-refractivity contribution in [3.8, 4) is 11.7 Å². The highest BCUT2D eigenvalue weighted by Gasteiger charge is 2.22. The zero-order chi connectivity index (χ0) is 22.3. The van der Waals surface area contributed by atoms with Crippen LogP contribution in [0.1, 0.15) is 30.4 Å². The molecule has 2 aromatic heterocycles. The molecule has 7 heteroatoms. The summed E-state index contributed by atoms with van der Waals surface area (Å²) in [7, 11) is 0. The van der Waals surface area contributed by atoms with Gasteiger partial charge < -0.3 is 13.7 Å². The molecule has 0 aliphatic rings. The highest BCUT2D eigenvalue weighted by Crippen LogP contribution is 2.25. The Morgan fingerprint density at radius 1 is 1.03 bits per heavy atom. The summed E-state index contributed by atoms with van der Waals surface area (Å²) in [5.74, 6) is 0.985. The van der Waals surface area contributed by atoms with Crippen molar-refractivity contribution in [2.75, 3.05) is 6.54 Å². The van der Waals surface area contributed by atoms with Crippen LogP contribution < -0.4 is 0 Å². The van der Waals surface area contributed by atoms with E-state index in [2.05, 4.69) is 10.2 Å². The number of hydrogen-bond donors (Lipinski definition) is 0. The molecule has 0 spiro atoms. The van der Waals surface area contributed by atoms with E-state index < -0.39 is 0 Å². The molecule has 0 aliphatic carbocycles. The van der Waals surface area contributed by atoms with Crippen molar-refractivity contribution in [1.29, 1.82) is 0 Å². The van der Waals surface area contributed by atoms with Crippen molar-refractivity contribution in [3.63, 3.8) is 0 Å². The summed E-state index contributed by atoms with van der Waals surface area (Å²) in [5.41, 5.74) is 2.28. The van der Waals surface area contributed by atoms with Crippen molar-refractivity contribution in [3.05, 3.63) is 95.0 Å². The number of furan rings is 1. The number of nitrogens with zero attached hydrogens (tertiary/aromatic N) is 3. The van der Waals surface area contributed by atoms with Gasteiger partial charge in [-0.1, -0.05) is 61.0 Å². The predicted octanol–water partition coefficient (Wildman–Crippen LogP) is 5.96. The van der Waals surface area contributed by atoms with Crippen LogP contribution in [0.2, 0.25) is 5.02 Å². The van der Waals surface area contributed by atoms with Crippen LogP contribution in [-0.4, -0.2) is 27.5 Å². The highest BCUT2D eigenvalue weighted by atomic mass is 35.5. The van der Waals surface area contributed by atoms with Gasteiger partial charge in [0.1, 0.15) is 0 Å². The number of halogens is 1. The van der Waals surface area contributed by atoms with Gasteiger partial charge in [-0.25, -0.2) is 0 Å². The van der Waals surface area contributed by atoms with Gasteiger partial charge in [0.2, 0.25) is 5.89 Å². The third-order valence-electron chi connectivity index (χ3n) is 4.80. The zero-order valence-electron chi connectivity index (χ0n) is 17.6. The van der Waals surface area contributed by atoms with Gasteiger partial charge in [0.15, 0.2) is 5.76 Å². The summed E-state index contributed by atoms with van der Waals surface area (Å²) in [6, 6.07) is 20.5. The smallest absolute Gasteiger partial charge is 0.283 e. The Balaban J connectivity index is 1.65. The van der Waals surface area contributed by atoms with E-state index in [0.29, 0.717) is 28.8 Å². The number of rotatable bonds is 8. The molecule has 0 atom stereocenters. The Labute approximate surface area is 191 Å². The quantitative estimate of drug-likeness (QED) is 0.246. The molecule has 0 unspecified atom stereocenters. The lowest BCUT2D eigenvalue weighted by molar-refractivity contribution is -0.125. The second kappa shape index (κ2) is 10.1. The van der Waals surface area contributed by atoms with Gasteiger partial charge in [0.05, 0.1) is 12.8 Å². The fourth-order valence-electron chi connectivity index (χ4n) is 3.29. The fourth-order valence-corrected chi connectivity index (χ4v) is 3.41. The van der Waals surface area contributed by atoms with Gasteiger partial charge in [-0.2, -0.15) is 0 Å². The maximum atomic E-state index is 13.7. The minimum absolute atomic E-state index is 0.129. The van der Waals surface area contributed by atoms with Gasteiger partial charge >= 0.3 is 0 Å². The Morgan fingerprint density at radius 3 is 2.50 bits per heavy atom. The standard InChI is InChI=1S/C25H22ClN3O3/c1-2-14-29(17-23-27-28-24(32-23)22-9-6-15-31-22)25(30)21(16-18-7-4-3-5-8-18)19-10-12-20(26)13-11-19/h3-13,15-16H,2,14,17H2,1H3/b21-16+. The molecule has 2 aromatic carbocycles. The monoisotopic (exact) mass is 447 g/mol. The summed E-state index contributed by atoms with van der Waals surface area (Å²) in [6.07, 6.45) is 4.21. The molecule has 2 heterocycles. The van der Waals surface area contributed by atoms with Crippen molar-refractivity contribution in [2.24, 2.45) is 0 Å². The second-order valence-electron chi connectivity index (χ2n) is 7.18. The summed E-state index contributed by atoms with van der Waals surface area (Å²) < 4.78 is 11.0. The molecule has 0 saturated heterocycles. The average Bonchev–Trinajstić information content (AvgIpc) is 3.50. The Kier molecular flexibility index (Phi) is 6.82. The summed E-state index contributed by atoms with van der Waals surface area (Å²) in [6.45, 7) is 2.75. The number of hydrogen-bond acceptors (Lipinski definition) is 5. The molecule has 0 N–H and O–H groups in total.